The molecule has 1 N–H and O–H groups in total. The molecule has 6 nitrogen and oxygen atoms in total. The molecule has 0 fully saturated rings. The van der Waals surface area contributed by atoms with Crippen LogP contribution in [-0.4, -0.2) is 24.1 Å². The zero-order valence-corrected chi connectivity index (χ0v) is 15.3. The van der Waals surface area contributed by atoms with Crippen molar-refractivity contribution in [2.24, 2.45) is 0 Å². The van der Waals surface area contributed by atoms with Gasteiger partial charge in [-0.2, -0.15) is 5.26 Å². The van der Waals surface area contributed by atoms with E-state index in [-0.39, 0.29) is 10.7 Å². The van der Waals surface area contributed by atoms with E-state index >= 15 is 0 Å². The molecule has 2 rings (SSSR count). The van der Waals surface area contributed by atoms with Crippen LogP contribution in [0.5, 0.6) is 5.75 Å². The number of amides is 1. The summed E-state index contributed by atoms with van der Waals surface area (Å²) in [6.07, 6.45) is -2.07. The van der Waals surface area contributed by atoms with Crippen molar-refractivity contribution in [3.8, 4) is 11.8 Å². The number of hydrogen-bond acceptors (Lipinski definition) is 5. The van der Waals surface area contributed by atoms with Gasteiger partial charge in [-0.05, 0) is 56.3 Å². The molecule has 2 aromatic carbocycles. The third-order valence-corrected chi connectivity index (χ3v) is 3.77. The van der Waals surface area contributed by atoms with Gasteiger partial charge >= 0.3 is 5.97 Å². The number of halogens is 2. The van der Waals surface area contributed by atoms with E-state index in [9.17, 15) is 14.0 Å². The van der Waals surface area contributed by atoms with Gasteiger partial charge in [0.1, 0.15) is 11.6 Å². The predicted octanol–water partition coefficient (Wildman–Crippen LogP) is 3.69. The summed E-state index contributed by atoms with van der Waals surface area (Å²) in [5, 5.41) is 11.1. The van der Waals surface area contributed by atoms with Gasteiger partial charge in [0.05, 0.1) is 16.7 Å². The van der Waals surface area contributed by atoms with Gasteiger partial charge in [0, 0.05) is 5.69 Å². The molecule has 0 unspecified atom stereocenters. The highest BCUT2D eigenvalue weighted by molar-refractivity contribution is 6.31. The summed E-state index contributed by atoms with van der Waals surface area (Å²) in [6, 6.07) is 11.9. The lowest BCUT2D eigenvalue weighted by Crippen LogP contribution is -2.35. The van der Waals surface area contributed by atoms with Crippen LogP contribution in [0.2, 0.25) is 5.02 Å². The molecule has 0 aliphatic rings. The second kappa shape index (κ2) is 9.01. The highest BCUT2D eigenvalue weighted by Crippen LogP contribution is 2.20. The van der Waals surface area contributed by atoms with Gasteiger partial charge in [-0.25, -0.2) is 9.18 Å². The Morgan fingerprint density at radius 2 is 1.81 bits per heavy atom. The van der Waals surface area contributed by atoms with Crippen LogP contribution in [0.4, 0.5) is 10.1 Å². The topological polar surface area (TPSA) is 88.4 Å². The number of rotatable bonds is 6. The van der Waals surface area contributed by atoms with E-state index in [0.717, 1.165) is 6.07 Å². The van der Waals surface area contributed by atoms with Gasteiger partial charge in [0.15, 0.2) is 12.2 Å². The Balaban J connectivity index is 1.89. The second-order valence-corrected chi connectivity index (χ2v) is 6.00. The van der Waals surface area contributed by atoms with Crippen LogP contribution in [-0.2, 0) is 14.3 Å². The predicted molar refractivity (Wildman–Crippen MR) is 96.8 cm³/mol. The van der Waals surface area contributed by atoms with Crippen molar-refractivity contribution in [3.63, 3.8) is 0 Å². The van der Waals surface area contributed by atoms with Gasteiger partial charge in [-0.15, -0.1) is 0 Å². The Hall–Kier alpha value is -3.11. The van der Waals surface area contributed by atoms with E-state index < -0.39 is 29.9 Å². The molecule has 2 aromatic rings. The van der Waals surface area contributed by atoms with Crippen LogP contribution < -0.4 is 10.1 Å². The minimum atomic E-state index is -1.10. The lowest BCUT2D eigenvalue weighted by molar-refractivity contribution is -0.159. The summed E-state index contributed by atoms with van der Waals surface area (Å²) in [7, 11) is 0. The Morgan fingerprint density at radius 3 is 2.41 bits per heavy atom. The first kappa shape index (κ1) is 20.2. The molecular weight excluding hydrogens is 375 g/mol. The number of hydrogen-bond donors (Lipinski definition) is 1. The maximum Gasteiger partial charge on any atom is 0.347 e. The maximum absolute atomic E-state index is 13.1. The molecule has 1 amide bonds. The van der Waals surface area contributed by atoms with Crippen LogP contribution in [0.1, 0.15) is 19.4 Å². The van der Waals surface area contributed by atoms with Crippen molar-refractivity contribution < 1.29 is 23.5 Å². The molecule has 2 atom stereocenters. The smallest absolute Gasteiger partial charge is 0.347 e. The highest BCUT2D eigenvalue weighted by Gasteiger charge is 2.23. The summed E-state index contributed by atoms with van der Waals surface area (Å²) < 4.78 is 23.6. The summed E-state index contributed by atoms with van der Waals surface area (Å²) in [4.78, 5) is 24.2. The number of ether oxygens (including phenoxy) is 2. The monoisotopic (exact) mass is 390 g/mol. The van der Waals surface area contributed by atoms with Crippen LogP contribution >= 0.6 is 11.6 Å². The number of nitrogens with one attached hydrogen (secondary N) is 1. The van der Waals surface area contributed by atoms with Crippen LogP contribution in [0.3, 0.4) is 0 Å². The Morgan fingerprint density at radius 1 is 1.15 bits per heavy atom. The summed E-state index contributed by atoms with van der Waals surface area (Å²) in [6.45, 7) is 2.87. The Kier molecular flexibility index (Phi) is 6.74. The third kappa shape index (κ3) is 5.69. The lowest BCUT2D eigenvalue weighted by atomic mass is 10.2. The first-order valence-electron chi connectivity index (χ1n) is 7.93. The Labute approximate surface area is 160 Å². The lowest BCUT2D eigenvalue weighted by Gasteiger charge is -2.18. The van der Waals surface area contributed by atoms with Gasteiger partial charge in [0.25, 0.3) is 5.91 Å². The molecule has 0 radical (unpaired) electrons. The molecule has 0 saturated heterocycles. The fraction of sp³-hybridized carbons (Fsp3) is 0.211. The number of benzene rings is 2. The van der Waals surface area contributed by atoms with Crippen molar-refractivity contribution in [2.75, 3.05) is 5.32 Å². The molecule has 0 spiro atoms. The van der Waals surface area contributed by atoms with E-state index in [1.54, 1.807) is 24.3 Å². The van der Waals surface area contributed by atoms with Crippen LogP contribution in [0, 0.1) is 17.1 Å². The molecule has 0 saturated carbocycles. The number of anilines is 1. The Bertz CT molecular complexity index is 880. The molecular formula is C19H16ClFN2O4. The number of carbonyl (C=O) groups is 2. The van der Waals surface area contributed by atoms with E-state index in [2.05, 4.69) is 5.32 Å². The van der Waals surface area contributed by atoms with Gasteiger partial charge in [-0.3, -0.25) is 4.79 Å². The number of nitrogens with zero attached hydrogens (tertiary/aromatic N) is 1. The third-order valence-electron chi connectivity index (χ3n) is 3.48. The zero-order chi connectivity index (χ0) is 20.0. The highest BCUT2D eigenvalue weighted by atomic mass is 35.5. The molecule has 0 aromatic heterocycles. The number of nitriles is 1. The van der Waals surface area contributed by atoms with Gasteiger partial charge in [0.2, 0.25) is 0 Å². The van der Waals surface area contributed by atoms with Gasteiger partial charge < -0.3 is 14.8 Å². The quantitative estimate of drug-likeness (QED) is 0.760. The summed E-state index contributed by atoms with van der Waals surface area (Å²) >= 11 is 5.65. The molecule has 27 heavy (non-hydrogen) atoms. The van der Waals surface area contributed by atoms with Gasteiger partial charge in [-0.1, -0.05) is 11.6 Å². The standard InChI is InChI=1S/C19H16ClFN2O4/c1-11(18(24)23-14-5-8-17(21)16(20)9-14)27-19(25)12(2)26-15-6-3-13(10-22)4-7-15/h3-9,11-12H,1-2H3,(H,23,24)/t11-,12+/m1/s1. The summed E-state index contributed by atoms with van der Waals surface area (Å²) in [5.74, 6) is -1.56. The number of carbonyl (C=O) groups excluding carboxylic acids is 2. The van der Waals surface area contributed by atoms with Crippen molar-refractivity contribution >= 4 is 29.2 Å². The fourth-order valence-electron chi connectivity index (χ4n) is 2.00. The molecule has 8 heteroatoms. The average molecular weight is 391 g/mol. The van der Waals surface area contributed by atoms with E-state index in [0.29, 0.717) is 11.3 Å². The average Bonchev–Trinajstić information content (AvgIpc) is 2.65. The van der Waals surface area contributed by atoms with E-state index in [4.69, 9.17) is 26.3 Å². The molecule has 0 bridgehead atoms. The minimum absolute atomic E-state index is 0.137. The summed E-state index contributed by atoms with van der Waals surface area (Å²) in [5.41, 5.74) is 0.736. The fourth-order valence-corrected chi connectivity index (χ4v) is 2.18. The van der Waals surface area contributed by atoms with Crippen molar-refractivity contribution in [3.05, 3.63) is 58.9 Å². The van der Waals surface area contributed by atoms with Crippen molar-refractivity contribution in [1.82, 2.24) is 0 Å². The normalized spacial score (nSPS) is 12.4. The minimum Gasteiger partial charge on any atom is -0.479 e. The second-order valence-electron chi connectivity index (χ2n) is 5.59. The zero-order valence-electron chi connectivity index (χ0n) is 14.5. The molecule has 0 aliphatic carbocycles. The van der Waals surface area contributed by atoms with E-state index in [1.807, 2.05) is 6.07 Å². The van der Waals surface area contributed by atoms with Crippen LogP contribution in [0.25, 0.3) is 0 Å². The van der Waals surface area contributed by atoms with E-state index in [1.165, 1.54) is 26.0 Å². The molecule has 0 aliphatic heterocycles. The number of esters is 1. The SMILES string of the molecule is C[C@H](Oc1ccc(C#N)cc1)C(=O)O[C@H](C)C(=O)Nc1ccc(F)c(Cl)c1. The van der Waals surface area contributed by atoms with Crippen LogP contribution in [0.15, 0.2) is 42.5 Å². The maximum atomic E-state index is 13.1. The van der Waals surface area contributed by atoms with Crippen molar-refractivity contribution in [2.45, 2.75) is 26.1 Å². The molecule has 140 valence electrons. The largest absolute Gasteiger partial charge is 0.479 e. The van der Waals surface area contributed by atoms with Crippen molar-refractivity contribution in [1.29, 1.82) is 5.26 Å². The molecule has 0 heterocycles. The first-order chi connectivity index (χ1) is 12.8. The first-order valence-corrected chi connectivity index (χ1v) is 8.31.